The van der Waals surface area contributed by atoms with Crippen molar-refractivity contribution in [2.45, 2.75) is 26.4 Å². The fourth-order valence-electron chi connectivity index (χ4n) is 2.51. The van der Waals surface area contributed by atoms with Crippen molar-refractivity contribution >= 4 is 29.1 Å². The first-order chi connectivity index (χ1) is 12.9. The van der Waals surface area contributed by atoms with Gasteiger partial charge >= 0.3 is 0 Å². The monoisotopic (exact) mass is 407 g/mol. The van der Waals surface area contributed by atoms with E-state index in [0.29, 0.717) is 10.6 Å². The normalized spacial score (nSPS) is 11.0. The first-order valence-electron chi connectivity index (χ1n) is 8.20. The SMILES string of the molecule is CC(C)N(Cc1nnc(-c2ccccc2Cl)o1)C(=O)c1cc(Cl)ccc1F. The van der Waals surface area contributed by atoms with E-state index in [1.807, 2.05) is 13.8 Å². The van der Waals surface area contributed by atoms with Gasteiger partial charge in [-0.25, -0.2) is 4.39 Å². The van der Waals surface area contributed by atoms with Crippen molar-refractivity contribution in [2.24, 2.45) is 0 Å². The number of benzene rings is 2. The second kappa shape index (κ2) is 8.06. The van der Waals surface area contributed by atoms with E-state index in [-0.39, 0.29) is 35.0 Å². The summed E-state index contributed by atoms with van der Waals surface area (Å²) in [7, 11) is 0. The van der Waals surface area contributed by atoms with Crippen LogP contribution in [0, 0.1) is 5.82 Å². The van der Waals surface area contributed by atoms with Gasteiger partial charge in [0, 0.05) is 11.1 Å². The van der Waals surface area contributed by atoms with Gasteiger partial charge in [0.1, 0.15) is 5.82 Å². The number of hydrogen-bond donors (Lipinski definition) is 0. The number of amides is 1. The summed E-state index contributed by atoms with van der Waals surface area (Å²) in [6.07, 6.45) is 0. The van der Waals surface area contributed by atoms with Crippen LogP contribution in [0.5, 0.6) is 0 Å². The minimum Gasteiger partial charge on any atom is -0.419 e. The lowest BCUT2D eigenvalue weighted by atomic mass is 10.1. The molecule has 0 bridgehead atoms. The molecule has 27 heavy (non-hydrogen) atoms. The average Bonchev–Trinajstić information content (AvgIpc) is 3.10. The maximum atomic E-state index is 14.1. The lowest BCUT2D eigenvalue weighted by Crippen LogP contribution is -2.37. The fourth-order valence-corrected chi connectivity index (χ4v) is 2.90. The number of carbonyl (C=O) groups is 1. The zero-order chi connectivity index (χ0) is 19.6. The molecule has 0 spiro atoms. The highest BCUT2D eigenvalue weighted by Gasteiger charge is 2.24. The molecule has 5 nitrogen and oxygen atoms in total. The molecular formula is C19H16Cl2FN3O2. The first-order valence-corrected chi connectivity index (χ1v) is 8.95. The van der Waals surface area contributed by atoms with E-state index in [1.54, 1.807) is 24.3 Å². The number of halogens is 3. The van der Waals surface area contributed by atoms with E-state index in [2.05, 4.69) is 10.2 Å². The maximum Gasteiger partial charge on any atom is 0.257 e. The molecule has 3 aromatic rings. The number of hydrogen-bond acceptors (Lipinski definition) is 4. The van der Waals surface area contributed by atoms with Gasteiger partial charge in [-0.15, -0.1) is 10.2 Å². The van der Waals surface area contributed by atoms with Gasteiger partial charge in [-0.3, -0.25) is 4.79 Å². The second-order valence-electron chi connectivity index (χ2n) is 6.13. The summed E-state index contributed by atoms with van der Waals surface area (Å²) in [4.78, 5) is 14.2. The first kappa shape index (κ1) is 19.3. The molecule has 0 unspecified atom stereocenters. The summed E-state index contributed by atoms with van der Waals surface area (Å²) in [6.45, 7) is 3.65. The van der Waals surface area contributed by atoms with Gasteiger partial charge in [0.05, 0.1) is 22.7 Å². The fraction of sp³-hybridized carbons (Fsp3) is 0.211. The Bertz CT molecular complexity index is 975. The minimum atomic E-state index is -0.641. The highest BCUT2D eigenvalue weighted by atomic mass is 35.5. The Labute approximate surface area is 165 Å². The molecule has 0 aliphatic carbocycles. The van der Waals surface area contributed by atoms with Crippen molar-refractivity contribution in [3.63, 3.8) is 0 Å². The van der Waals surface area contributed by atoms with E-state index in [0.717, 1.165) is 6.07 Å². The number of nitrogens with zero attached hydrogens (tertiary/aromatic N) is 3. The minimum absolute atomic E-state index is 0.0277. The lowest BCUT2D eigenvalue weighted by molar-refractivity contribution is 0.0667. The van der Waals surface area contributed by atoms with Crippen LogP contribution in [0.15, 0.2) is 46.9 Å². The van der Waals surface area contributed by atoms with Crippen molar-refractivity contribution in [1.29, 1.82) is 0 Å². The molecule has 0 saturated carbocycles. The smallest absolute Gasteiger partial charge is 0.257 e. The van der Waals surface area contributed by atoms with Crippen LogP contribution in [0.3, 0.4) is 0 Å². The molecule has 0 radical (unpaired) electrons. The zero-order valence-corrected chi connectivity index (χ0v) is 16.1. The molecular weight excluding hydrogens is 392 g/mol. The van der Waals surface area contributed by atoms with Crippen LogP contribution in [-0.4, -0.2) is 27.0 Å². The maximum absolute atomic E-state index is 14.1. The van der Waals surface area contributed by atoms with Gasteiger partial charge in [-0.1, -0.05) is 35.3 Å². The van der Waals surface area contributed by atoms with Gasteiger partial charge in [0.15, 0.2) is 0 Å². The molecule has 0 N–H and O–H groups in total. The molecule has 0 aliphatic heterocycles. The molecule has 2 aromatic carbocycles. The quantitative estimate of drug-likeness (QED) is 0.580. The third-order valence-corrected chi connectivity index (χ3v) is 4.48. The van der Waals surface area contributed by atoms with Crippen LogP contribution in [0.1, 0.15) is 30.1 Å². The van der Waals surface area contributed by atoms with Crippen LogP contribution in [0.4, 0.5) is 4.39 Å². The van der Waals surface area contributed by atoms with Gasteiger partial charge in [-0.05, 0) is 44.2 Å². The lowest BCUT2D eigenvalue weighted by Gasteiger charge is -2.25. The van der Waals surface area contributed by atoms with E-state index >= 15 is 0 Å². The summed E-state index contributed by atoms with van der Waals surface area (Å²) in [5, 5.41) is 8.73. The topological polar surface area (TPSA) is 59.2 Å². The van der Waals surface area contributed by atoms with E-state index in [4.69, 9.17) is 27.6 Å². The Kier molecular flexibility index (Phi) is 5.77. The Morgan fingerprint density at radius 2 is 1.93 bits per heavy atom. The summed E-state index contributed by atoms with van der Waals surface area (Å²) in [5.41, 5.74) is 0.489. The predicted octanol–water partition coefficient (Wildman–Crippen LogP) is 5.23. The highest BCUT2D eigenvalue weighted by molar-refractivity contribution is 6.33. The predicted molar refractivity (Wildman–Crippen MR) is 101 cm³/mol. The highest BCUT2D eigenvalue weighted by Crippen LogP contribution is 2.27. The van der Waals surface area contributed by atoms with Gasteiger partial charge in [0.2, 0.25) is 11.8 Å². The third-order valence-electron chi connectivity index (χ3n) is 3.92. The number of rotatable bonds is 5. The third kappa shape index (κ3) is 4.28. The van der Waals surface area contributed by atoms with Crippen molar-refractivity contribution in [3.8, 4) is 11.5 Å². The number of carbonyl (C=O) groups excluding carboxylic acids is 1. The van der Waals surface area contributed by atoms with Gasteiger partial charge in [0.25, 0.3) is 5.91 Å². The van der Waals surface area contributed by atoms with E-state index in [9.17, 15) is 9.18 Å². The van der Waals surface area contributed by atoms with E-state index < -0.39 is 11.7 Å². The molecule has 8 heteroatoms. The summed E-state index contributed by atoms with van der Waals surface area (Å²) >= 11 is 12.0. The molecule has 140 valence electrons. The van der Waals surface area contributed by atoms with Gasteiger partial charge < -0.3 is 9.32 Å². The Hall–Kier alpha value is -2.44. The molecule has 3 rings (SSSR count). The molecule has 0 saturated heterocycles. The van der Waals surface area contributed by atoms with Crippen LogP contribution in [0.25, 0.3) is 11.5 Å². The largest absolute Gasteiger partial charge is 0.419 e. The average molecular weight is 408 g/mol. The number of aromatic nitrogens is 2. The Morgan fingerprint density at radius 1 is 1.19 bits per heavy atom. The second-order valence-corrected chi connectivity index (χ2v) is 6.98. The van der Waals surface area contributed by atoms with Crippen molar-refractivity contribution < 1.29 is 13.6 Å². The summed E-state index contributed by atoms with van der Waals surface area (Å²) in [6, 6.07) is 10.7. The van der Waals surface area contributed by atoms with Crippen LogP contribution in [0.2, 0.25) is 10.0 Å². The van der Waals surface area contributed by atoms with Crippen LogP contribution in [-0.2, 0) is 6.54 Å². The summed E-state index contributed by atoms with van der Waals surface area (Å²) in [5.74, 6) is -0.685. The van der Waals surface area contributed by atoms with Crippen LogP contribution < -0.4 is 0 Å². The Morgan fingerprint density at radius 3 is 2.63 bits per heavy atom. The molecule has 0 atom stereocenters. The van der Waals surface area contributed by atoms with Crippen molar-refractivity contribution in [1.82, 2.24) is 15.1 Å². The molecule has 1 amide bonds. The van der Waals surface area contributed by atoms with Crippen molar-refractivity contribution in [2.75, 3.05) is 0 Å². The molecule has 1 aromatic heterocycles. The Balaban J connectivity index is 1.86. The molecule has 0 aliphatic rings. The van der Waals surface area contributed by atoms with Crippen molar-refractivity contribution in [3.05, 3.63) is 69.8 Å². The molecule has 0 fully saturated rings. The van der Waals surface area contributed by atoms with Crippen LogP contribution >= 0.6 is 23.2 Å². The molecule has 1 heterocycles. The van der Waals surface area contributed by atoms with Gasteiger partial charge in [-0.2, -0.15) is 0 Å². The summed E-state index contributed by atoms with van der Waals surface area (Å²) < 4.78 is 19.7. The standard InChI is InChI=1S/C19H16Cl2FN3O2/c1-11(2)25(19(26)14-9-12(20)7-8-16(14)22)10-17-23-24-18(27-17)13-5-3-4-6-15(13)21/h3-9,11H,10H2,1-2H3. The van der Waals surface area contributed by atoms with E-state index in [1.165, 1.54) is 17.0 Å². The zero-order valence-electron chi connectivity index (χ0n) is 14.6.